The monoisotopic (exact) mass is 246 g/mol. The van der Waals surface area contributed by atoms with E-state index >= 15 is 0 Å². The summed E-state index contributed by atoms with van der Waals surface area (Å²) in [6, 6.07) is 5.73. The summed E-state index contributed by atoms with van der Waals surface area (Å²) in [5.74, 6) is 0.0727. The van der Waals surface area contributed by atoms with Crippen molar-refractivity contribution >= 4 is 0 Å². The number of para-hydroxylation sites is 1. The number of aliphatic hydroxyl groups excluding tert-OH is 1. The molecule has 3 atom stereocenters. The van der Waals surface area contributed by atoms with Gasteiger partial charge >= 0.3 is 6.36 Å². The predicted octanol–water partition coefficient (Wildman–Crippen LogP) is 3.27. The normalized spacial score (nSPS) is 25.5. The van der Waals surface area contributed by atoms with Crippen LogP contribution in [0.25, 0.3) is 0 Å². The van der Waals surface area contributed by atoms with Crippen molar-refractivity contribution in [1.82, 2.24) is 0 Å². The third-order valence-electron chi connectivity index (χ3n) is 3.04. The maximum absolute atomic E-state index is 12.2. The van der Waals surface area contributed by atoms with E-state index in [1.165, 1.54) is 18.2 Å². The molecule has 0 radical (unpaired) electrons. The van der Waals surface area contributed by atoms with Gasteiger partial charge in [0.15, 0.2) is 0 Å². The molecule has 0 amide bonds. The molecule has 94 valence electrons. The molecule has 17 heavy (non-hydrogen) atoms. The summed E-state index contributed by atoms with van der Waals surface area (Å²) in [6.45, 7) is 1.96. The van der Waals surface area contributed by atoms with Crippen LogP contribution in [0.2, 0.25) is 0 Å². The second-order valence-electron chi connectivity index (χ2n) is 4.41. The Morgan fingerprint density at radius 2 is 1.94 bits per heavy atom. The second kappa shape index (κ2) is 4.22. The second-order valence-corrected chi connectivity index (χ2v) is 4.41. The van der Waals surface area contributed by atoms with E-state index in [9.17, 15) is 18.3 Å². The SMILES string of the molecule is CC1CC1C(O)c1ccccc1OC(F)(F)F. The molecule has 1 fully saturated rings. The van der Waals surface area contributed by atoms with Crippen molar-refractivity contribution in [2.24, 2.45) is 11.8 Å². The lowest BCUT2D eigenvalue weighted by Gasteiger charge is -2.17. The average molecular weight is 246 g/mol. The van der Waals surface area contributed by atoms with Crippen LogP contribution >= 0.6 is 0 Å². The Bertz CT molecular complexity index is 403. The number of ether oxygens (including phenoxy) is 1. The number of aliphatic hydroxyl groups is 1. The zero-order chi connectivity index (χ0) is 12.6. The summed E-state index contributed by atoms with van der Waals surface area (Å²) in [5, 5.41) is 9.96. The number of hydrogen-bond donors (Lipinski definition) is 1. The summed E-state index contributed by atoms with van der Waals surface area (Å²) < 4.78 is 40.4. The lowest BCUT2D eigenvalue weighted by atomic mass is 10.0. The van der Waals surface area contributed by atoms with Crippen molar-refractivity contribution in [3.63, 3.8) is 0 Å². The molecule has 0 spiro atoms. The molecular formula is C12H13F3O2. The topological polar surface area (TPSA) is 29.5 Å². The van der Waals surface area contributed by atoms with E-state index in [2.05, 4.69) is 4.74 Å². The van der Waals surface area contributed by atoms with E-state index in [0.29, 0.717) is 5.92 Å². The van der Waals surface area contributed by atoms with Crippen LogP contribution in [0.5, 0.6) is 5.75 Å². The highest BCUT2D eigenvalue weighted by Gasteiger charge is 2.41. The van der Waals surface area contributed by atoms with Crippen molar-refractivity contribution in [1.29, 1.82) is 0 Å². The van der Waals surface area contributed by atoms with Gasteiger partial charge < -0.3 is 9.84 Å². The van der Waals surface area contributed by atoms with Gasteiger partial charge in [-0.1, -0.05) is 25.1 Å². The Kier molecular flexibility index (Phi) is 3.03. The van der Waals surface area contributed by atoms with Crippen molar-refractivity contribution in [2.75, 3.05) is 0 Å². The Labute approximate surface area is 97.0 Å². The fourth-order valence-corrected chi connectivity index (χ4v) is 1.96. The molecule has 0 heterocycles. The van der Waals surface area contributed by atoms with Crippen LogP contribution in [0, 0.1) is 11.8 Å². The number of alkyl halides is 3. The van der Waals surface area contributed by atoms with Crippen LogP contribution in [0.15, 0.2) is 24.3 Å². The van der Waals surface area contributed by atoms with Crippen molar-refractivity contribution in [2.45, 2.75) is 25.8 Å². The average Bonchev–Trinajstić information content (AvgIpc) is 2.93. The first-order valence-electron chi connectivity index (χ1n) is 5.41. The van der Waals surface area contributed by atoms with Gasteiger partial charge in [0, 0.05) is 5.56 Å². The van der Waals surface area contributed by atoms with E-state index < -0.39 is 12.5 Å². The van der Waals surface area contributed by atoms with Crippen LogP contribution < -0.4 is 4.74 Å². The van der Waals surface area contributed by atoms with E-state index in [-0.39, 0.29) is 17.2 Å². The van der Waals surface area contributed by atoms with Gasteiger partial charge in [-0.3, -0.25) is 0 Å². The first-order chi connectivity index (χ1) is 7.88. The van der Waals surface area contributed by atoms with Gasteiger partial charge in [-0.05, 0) is 24.3 Å². The highest BCUT2D eigenvalue weighted by Crippen LogP contribution is 2.48. The van der Waals surface area contributed by atoms with Gasteiger partial charge in [0.1, 0.15) is 5.75 Å². The minimum atomic E-state index is -4.73. The maximum atomic E-state index is 12.2. The molecule has 2 rings (SSSR count). The summed E-state index contributed by atoms with van der Waals surface area (Å²) in [7, 11) is 0. The fraction of sp³-hybridized carbons (Fsp3) is 0.500. The largest absolute Gasteiger partial charge is 0.573 e. The molecule has 1 N–H and O–H groups in total. The summed E-state index contributed by atoms with van der Waals surface area (Å²) in [6.07, 6.45) is -4.78. The van der Waals surface area contributed by atoms with Crippen LogP contribution in [0.3, 0.4) is 0 Å². The van der Waals surface area contributed by atoms with Gasteiger partial charge in [-0.15, -0.1) is 13.2 Å². The number of rotatable bonds is 3. The Balaban J connectivity index is 2.21. The Morgan fingerprint density at radius 1 is 1.35 bits per heavy atom. The molecule has 0 bridgehead atoms. The zero-order valence-corrected chi connectivity index (χ0v) is 9.24. The Hall–Kier alpha value is -1.23. The molecule has 3 unspecified atom stereocenters. The van der Waals surface area contributed by atoms with Gasteiger partial charge in [0.2, 0.25) is 0 Å². The van der Waals surface area contributed by atoms with Gasteiger partial charge in [-0.2, -0.15) is 0 Å². The van der Waals surface area contributed by atoms with Gasteiger partial charge in [0.05, 0.1) is 6.10 Å². The first-order valence-corrected chi connectivity index (χ1v) is 5.41. The van der Waals surface area contributed by atoms with Gasteiger partial charge in [0.25, 0.3) is 0 Å². The van der Waals surface area contributed by atoms with E-state index in [1.54, 1.807) is 6.07 Å². The van der Waals surface area contributed by atoms with E-state index in [1.807, 2.05) is 6.92 Å². The van der Waals surface area contributed by atoms with Crippen LogP contribution in [0.4, 0.5) is 13.2 Å². The fourth-order valence-electron chi connectivity index (χ4n) is 1.96. The van der Waals surface area contributed by atoms with E-state index in [4.69, 9.17) is 0 Å². The third kappa shape index (κ3) is 2.91. The summed E-state index contributed by atoms with van der Waals surface area (Å²) >= 11 is 0. The summed E-state index contributed by atoms with van der Waals surface area (Å²) in [4.78, 5) is 0. The highest BCUT2D eigenvalue weighted by molar-refractivity contribution is 5.36. The minimum absolute atomic E-state index is 0.0352. The molecule has 1 aromatic rings. The number of hydrogen-bond acceptors (Lipinski definition) is 2. The maximum Gasteiger partial charge on any atom is 0.573 e. The number of halogens is 3. The highest BCUT2D eigenvalue weighted by atomic mass is 19.4. The lowest BCUT2D eigenvalue weighted by molar-refractivity contribution is -0.275. The van der Waals surface area contributed by atoms with Crippen LogP contribution in [0.1, 0.15) is 25.0 Å². The van der Waals surface area contributed by atoms with Gasteiger partial charge in [-0.25, -0.2) is 0 Å². The van der Waals surface area contributed by atoms with E-state index in [0.717, 1.165) is 6.42 Å². The Morgan fingerprint density at radius 3 is 2.47 bits per heavy atom. The molecule has 1 aliphatic carbocycles. The van der Waals surface area contributed by atoms with Crippen LogP contribution in [-0.2, 0) is 0 Å². The molecular weight excluding hydrogens is 233 g/mol. The summed E-state index contributed by atoms with van der Waals surface area (Å²) in [5.41, 5.74) is 0.208. The molecule has 0 saturated heterocycles. The number of benzene rings is 1. The molecule has 1 aromatic carbocycles. The molecule has 2 nitrogen and oxygen atoms in total. The predicted molar refractivity (Wildman–Crippen MR) is 55.4 cm³/mol. The molecule has 5 heteroatoms. The van der Waals surface area contributed by atoms with Crippen molar-refractivity contribution in [3.8, 4) is 5.75 Å². The minimum Gasteiger partial charge on any atom is -0.405 e. The molecule has 0 aliphatic heterocycles. The van der Waals surface area contributed by atoms with Crippen molar-refractivity contribution in [3.05, 3.63) is 29.8 Å². The quantitative estimate of drug-likeness (QED) is 0.886. The third-order valence-corrected chi connectivity index (χ3v) is 3.04. The van der Waals surface area contributed by atoms with Crippen molar-refractivity contribution < 1.29 is 23.0 Å². The molecule has 1 saturated carbocycles. The van der Waals surface area contributed by atoms with Crippen LogP contribution in [-0.4, -0.2) is 11.5 Å². The molecule has 0 aromatic heterocycles. The zero-order valence-electron chi connectivity index (χ0n) is 9.24. The molecule has 1 aliphatic rings. The standard InChI is InChI=1S/C12H13F3O2/c1-7-6-9(7)11(16)8-4-2-3-5-10(8)17-12(13,14)15/h2-5,7,9,11,16H,6H2,1H3. The lowest BCUT2D eigenvalue weighted by Crippen LogP contribution is -2.19. The first kappa shape index (κ1) is 12.2. The smallest absolute Gasteiger partial charge is 0.405 e.